The van der Waals surface area contributed by atoms with Crippen molar-refractivity contribution in [2.24, 2.45) is 0 Å². The summed E-state index contributed by atoms with van der Waals surface area (Å²) < 4.78 is 1.27. The largest absolute Gasteiger partial charge is 0.326 e. The number of rotatable bonds is 7. The van der Waals surface area contributed by atoms with Gasteiger partial charge in [0.2, 0.25) is 5.91 Å². The van der Waals surface area contributed by atoms with Crippen molar-refractivity contribution < 1.29 is 9.72 Å². The number of aryl methyl sites for hydroxylation is 1. The molecular weight excluding hydrogens is 324 g/mol. The van der Waals surface area contributed by atoms with Crippen LogP contribution in [0.25, 0.3) is 0 Å². The molecule has 0 radical (unpaired) electrons. The van der Waals surface area contributed by atoms with Crippen LogP contribution in [0.15, 0.2) is 47.4 Å². The molecule has 0 aliphatic rings. The predicted molar refractivity (Wildman–Crippen MR) is 91.0 cm³/mol. The third-order valence-electron chi connectivity index (χ3n) is 3.51. The number of pyridine rings is 1. The highest BCUT2D eigenvalue weighted by Crippen LogP contribution is 2.11. The maximum atomic E-state index is 11.9. The first-order chi connectivity index (χ1) is 12.0. The number of aromatic nitrogens is 1. The molecule has 8 heteroatoms. The van der Waals surface area contributed by atoms with Gasteiger partial charge < -0.3 is 9.88 Å². The Hall–Kier alpha value is -3.47. The SMILES string of the molecule is N#Cc1cccc(NC(=O)CCCCn2cc([N+](=O)[O-])ccc2=O)c1. The van der Waals surface area contributed by atoms with Crippen LogP contribution in [0.1, 0.15) is 24.8 Å². The summed E-state index contributed by atoms with van der Waals surface area (Å²) in [5.41, 5.74) is 0.555. The number of carbonyl (C=O) groups excluding carboxylic acids is 1. The highest BCUT2D eigenvalue weighted by atomic mass is 16.6. The zero-order valence-electron chi connectivity index (χ0n) is 13.3. The lowest BCUT2D eigenvalue weighted by Gasteiger charge is -2.07. The number of anilines is 1. The highest BCUT2D eigenvalue weighted by molar-refractivity contribution is 5.90. The molecular formula is C17H16N4O4. The smallest absolute Gasteiger partial charge is 0.285 e. The van der Waals surface area contributed by atoms with Crippen molar-refractivity contribution in [3.8, 4) is 6.07 Å². The van der Waals surface area contributed by atoms with Crippen LogP contribution in [0.5, 0.6) is 0 Å². The van der Waals surface area contributed by atoms with Crippen LogP contribution in [0, 0.1) is 21.4 Å². The van der Waals surface area contributed by atoms with Gasteiger partial charge in [0.05, 0.1) is 22.8 Å². The van der Waals surface area contributed by atoms with Gasteiger partial charge >= 0.3 is 0 Å². The molecule has 8 nitrogen and oxygen atoms in total. The normalized spacial score (nSPS) is 10.0. The zero-order chi connectivity index (χ0) is 18.2. The van der Waals surface area contributed by atoms with E-state index in [-0.39, 0.29) is 23.6 Å². The molecule has 1 aromatic heterocycles. The van der Waals surface area contributed by atoms with Gasteiger partial charge in [-0.05, 0) is 31.0 Å². The van der Waals surface area contributed by atoms with E-state index in [9.17, 15) is 19.7 Å². The highest BCUT2D eigenvalue weighted by Gasteiger charge is 2.08. The van der Waals surface area contributed by atoms with Crippen LogP contribution < -0.4 is 10.9 Å². The molecule has 25 heavy (non-hydrogen) atoms. The third-order valence-corrected chi connectivity index (χ3v) is 3.51. The maximum Gasteiger partial charge on any atom is 0.285 e. The fraction of sp³-hybridized carbons (Fsp3) is 0.235. The quantitative estimate of drug-likeness (QED) is 0.472. The molecule has 1 heterocycles. The summed E-state index contributed by atoms with van der Waals surface area (Å²) >= 11 is 0. The van der Waals surface area contributed by atoms with Crippen molar-refractivity contribution in [3.63, 3.8) is 0 Å². The van der Waals surface area contributed by atoms with Crippen LogP contribution in [0.3, 0.4) is 0 Å². The van der Waals surface area contributed by atoms with E-state index in [0.717, 1.165) is 6.07 Å². The average molecular weight is 340 g/mol. The second-order valence-corrected chi connectivity index (χ2v) is 5.37. The maximum absolute atomic E-state index is 11.9. The molecule has 1 aromatic carbocycles. The number of hydrogen-bond acceptors (Lipinski definition) is 5. The summed E-state index contributed by atoms with van der Waals surface area (Å²) in [4.78, 5) is 33.7. The Kier molecular flexibility index (Phi) is 6.01. The summed E-state index contributed by atoms with van der Waals surface area (Å²) in [6.45, 7) is 0.303. The van der Waals surface area contributed by atoms with E-state index in [0.29, 0.717) is 30.6 Å². The minimum absolute atomic E-state index is 0.144. The minimum Gasteiger partial charge on any atom is -0.326 e. The van der Waals surface area contributed by atoms with Gasteiger partial charge in [-0.1, -0.05) is 6.07 Å². The molecule has 0 aliphatic heterocycles. The van der Waals surface area contributed by atoms with Crippen molar-refractivity contribution in [2.45, 2.75) is 25.8 Å². The van der Waals surface area contributed by atoms with Gasteiger partial charge in [-0.2, -0.15) is 5.26 Å². The van der Waals surface area contributed by atoms with Crippen molar-refractivity contribution in [1.82, 2.24) is 4.57 Å². The minimum atomic E-state index is -0.557. The Morgan fingerprint density at radius 3 is 2.80 bits per heavy atom. The Bertz CT molecular complexity index is 883. The fourth-order valence-corrected chi connectivity index (χ4v) is 2.26. The monoisotopic (exact) mass is 340 g/mol. The number of nitrogens with one attached hydrogen (secondary N) is 1. The average Bonchev–Trinajstić information content (AvgIpc) is 2.60. The summed E-state index contributed by atoms with van der Waals surface area (Å²) in [5.74, 6) is -0.193. The van der Waals surface area contributed by atoms with Gasteiger partial charge in [0.1, 0.15) is 0 Å². The van der Waals surface area contributed by atoms with E-state index in [1.165, 1.54) is 16.8 Å². The molecule has 0 saturated heterocycles. The molecule has 2 rings (SSSR count). The molecule has 0 spiro atoms. The lowest BCUT2D eigenvalue weighted by atomic mass is 10.2. The summed E-state index contributed by atoms with van der Waals surface area (Å²) in [7, 11) is 0. The van der Waals surface area contributed by atoms with Crippen molar-refractivity contribution >= 4 is 17.3 Å². The van der Waals surface area contributed by atoms with Gasteiger partial charge in [-0.25, -0.2) is 0 Å². The molecule has 0 fully saturated rings. The number of nitriles is 1. The zero-order valence-corrected chi connectivity index (χ0v) is 13.3. The topological polar surface area (TPSA) is 118 Å². The third kappa shape index (κ3) is 5.28. The predicted octanol–water partition coefficient (Wildman–Crippen LogP) is 2.44. The van der Waals surface area contributed by atoms with E-state index < -0.39 is 4.92 Å². The number of nitro groups is 1. The first-order valence-corrected chi connectivity index (χ1v) is 7.64. The molecule has 0 aliphatic carbocycles. The lowest BCUT2D eigenvalue weighted by Crippen LogP contribution is -2.19. The Balaban J connectivity index is 1.82. The molecule has 0 bridgehead atoms. The molecule has 0 unspecified atom stereocenters. The van der Waals surface area contributed by atoms with Gasteiger partial charge in [0, 0.05) is 30.8 Å². The van der Waals surface area contributed by atoms with Crippen LogP contribution >= 0.6 is 0 Å². The van der Waals surface area contributed by atoms with Crippen LogP contribution in [0.2, 0.25) is 0 Å². The fourth-order valence-electron chi connectivity index (χ4n) is 2.26. The number of nitrogens with zero attached hydrogens (tertiary/aromatic N) is 3. The second kappa shape index (κ2) is 8.40. The first kappa shape index (κ1) is 17.9. The first-order valence-electron chi connectivity index (χ1n) is 7.64. The van der Waals surface area contributed by atoms with E-state index in [1.807, 2.05) is 6.07 Å². The molecule has 1 N–H and O–H groups in total. The van der Waals surface area contributed by atoms with E-state index >= 15 is 0 Å². The number of hydrogen-bond donors (Lipinski definition) is 1. The van der Waals surface area contributed by atoms with E-state index in [4.69, 9.17) is 5.26 Å². The van der Waals surface area contributed by atoms with Gasteiger partial charge in [0.25, 0.3) is 11.2 Å². The van der Waals surface area contributed by atoms with E-state index in [2.05, 4.69) is 5.32 Å². The van der Waals surface area contributed by atoms with Gasteiger partial charge in [-0.3, -0.25) is 19.7 Å². The second-order valence-electron chi connectivity index (χ2n) is 5.37. The van der Waals surface area contributed by atoms with E-state index in [1.54, 1.807) is 24.3 Å². The number of carbonyl (C=O) groups is 1. The Morgan fingerprint density at radius 1 is 1.28 bits per heavy atom. The molecule has 2 aromatic rings. The van der Waals surface area contributed by atoms with Crippen LogP contribution in [-0.4, -0.2) is 15.4 Å². The lowest BCUT2D eigenvalue weighted by molar-refractivity contribution is -0.385. The molecule has 1 amide bonds. The van der Waals surface area contributed by atoms with Crippen LogP contribution in [0.4, 0.5) is 11.4 Å². The molecule has 0 saturated carbocycles. The van der Waals surface area contributed by atoms with Gasteiger partial charge in [-0.15, -0.1) is 0 Å². The molecule has 0 atom stereocenters. The Morgan fingerprint density at radius 2 is 2.08 bits per heavy atom. The standard InChI is InChI=1S/C17H16N4O4/c18-11-13-4-3-5-14(10-13)19-16(22)6-1-2-9-20-12-15(21(24)25)7-8-17(20)23/h3-5,7-8,10,12H,1-2,6,9H2,(H,19,22). The van der Waals surface area contributed by atoms with Crippen molar-refractivity contribution in [3.05, 3.63) is 68.6 Å². The number of unbranched alkanes of at least 4 members (excludes halogenated alkanes) is 1. The van der Waals surface area contributed by atoms with Crippen molar-refractivity contribution in [1.29, 1.82) is 5.26 Å². The number of amides is 1. The molecule has 128 valence electrons. The summed E-state index contributed by atoms with van der Waals surface area (Å²) in [6.07, 6.45) is 2.52. The number of benzene rings is 1. The van der Waals surface area contributed by atoms with Gasteiger partial charge in [0.15, 0.2) is 0 Å². The summed E-state index contributed by atoms with van der Waals surface area (Å²) in [6, 6.07) is 10.9. The summed E-state index contributed by atoms with van der Waals surface area (Å²) in [5, 5.41) is 22.2. The Labute approximate surface area is 143 Å². The van der Waals surface area contributed by atoms with Crippen LogP contribution in [-0.2, 0) is 11.3 Å². The van der Waals surface area contributed by atoms with Crippen molar-refractivity contribution in [2.75, 3.05) is 5.32 Å².